The third-order valence-electron chi connectivity index (χ3n) is 3.33. The molecule has 0 aliphatic heterocycles. The smallest absolute Gasteiger partial charge is 0.0183 e. The fraction of sp³-hybridized carbons (Fsp3) is 0.833. The lowest BCUT2D eigenvalue weighted by molar-refractivity contribution is 0.148. The highest BCUT2D eigenvalue weighted by atomic mass is 14.4. The Bertz CT molecular complexity index is 176. The van der Waals surface area contributed by atoms with Gasteiger partial charge in [0.2, 0.25) is 0 Å². The molecule has 0 nitrogen and oxygen atoms in total. The molecule has 1 aliphatic rings. The van der Waals surface area contributed by atoms with E-state index >= 15 is 0 Å². The first-order valence-corrected chi connectivity index (χ1v) is 5.08. The molecule has 1 rings (SSSR count). The zero-order valence-corrected chi connectivity index (χ0v) is 8.98. The van der Waals surface area contributed by atoms with Gasteiger partial charge in [-0.3, -0.25) is 0 Å². The Balaban J connectivity index is 2.60. The Hall–Kier alpha value is -0.260. The topological polar surface area (TPSA) is 0 Å². The van der Waals surface area contributed by atoms with Crippen LogP contribution in [0.1, 0.15) is 47.0 Å². The van der Waals surface area contributed by atoms with Crippen LogP contribution in [0.5, 0.6) is 0 Å². The van der Waals surface area contributed by atoms with Gasteiger partial charge in [0.05, 0.1) is 0 Å². The summed E-state index contributed by atoms with van der Waals surface area (Å²) in [7, 11) is 0. The van der Waals surface area contributed by atoms with Gasteiger partial charge in [0.15, 0.2) is 0 Å². The molecule has 0 spiro atoms. The van der Waals surface area contributed by atoms with Crippen LogP contribution < -0.4 is 0 Å². The molecular weight excluding hydrogens is 144 g/mol. The van der Waals surface area contributed by atoms with Crippen molar-refractivity contribution in [3.63, 3.8) is 0 Å². The molecule has 0 aromatic rings. The molecule has 0 amide bonds. The van der Waals surface area contributed by atoms with Gasteiger partial charge in [-0.25, -0.2) is 0 Å². The number of allylic oxidation sites excluding steroid dienone is 1. The first-order valence-electron chi connectivity index (χ1n) is 5.08. The molecule has 12 heavy (non-hydrogen) atoms. The summed E-state index contributed by atoms with van der Waals surface area (Å²) in [4.78, 5) is 0. The minimum atomic E-state index is 0.575. The van der Waals surface area contributed by atoms with Crippen LogP contribution in [0.3, 0.4) is 0 Å². The number of rotatable bonds is 1. The molecule has 0 radical (unpaired) electrons. The van der Waals surface area contributed by atoms with E-state index in [2.05, 4.69) is 34.3 Å². The molecule has 0 N–H and O–H groups in total. The maximum absolute atomic E-state index is 4.08. The Morgan fingerprint density at radius 2 is 2.00 bits per heavy atom. The van der Waals surface area contributed by atoms with Crippen LogP contribution in [0.25, 0.3) is 0 Å². The van der Waals surface area contributed by atoms with Gasteiger partial charge in [-0.1, -0.05) is 32.9 Å². The maximum Gasteiger partial charge on any atom is -0.0183 e. The van der Waals surface area contributed by atoms with Crippen molar-refractivity contribution < 1.29 is 0 Å². The molecule has 1 saturated carbocycles. The average Bonchev–Trinajstić information content (AvgIpc) is 1.83. The molecule has 70 valence electrons. The van der Waals surface area contributed by atoms with Gasteiger partial charge in [-0.15, -0.1) is 0 Å². The molecule has 0 aromatic carbocycles. The van der Waals surface area contributed by atoms with E-state index in [1.165, 1.54) is 24.8 Å². The SMILES string of the molecule is C=C(C)[C@@H]1CCC(C)(C)CC1C. The monoisotopic (exact) mass is 166 g/mol. The summed E-state index contributed by atoms with van der Waals surface area (Å²) in [5.41, 5.74) is 1.96. The van der Waals surface area contributed by atoms with E-state index in [0.29, 0.717) is 5.41 Å². The summed E-state index contributed by atoms with van der Waals surface area (Å²) >= 11 is 0. The first kappa shape index (κ1) is 9.83. The van der Waals surface area contributed by atoms with E-state index < -0.39 is 0 Å². The molecule has 0 aromatic heterocycles. The molecule has 1 fully saturated rings. The normalized spacial score (nSPS) is 34.7. The highest BCUT2D eigenvalue weighted by Crippen LogP contribution is 2.43. The van der Waals surface area contributed by atoms with E-state index in [0.717, 1.165) is 11.8 Å². The van der Waals surface area contributed by atoms with E-state index in [9.17, 15) is 0 Å². The molecule has 0 saturated heterocycles. The average molecular weight is 166 g/mol. The Labute approximate surface area is 77.1 Å². The Morgan fingerprint density at radius 3 is 2.42 bits per heavy atom. The molecular formula is C12H22. The van der Waals surface area contributed by atoms with Crippen LogP contribution in [0, 0.1) is 17.3 Å². The van der Waals surface area contributed by atoms with Crippen molar-refractivity contribution in [1.29, 1.82) is 0 Å². The number of hydrogen-bond donors (Lipinski definition) is 0. The van der Waals surface area contributed by atoms with Crippen LogP contribution >= 0.6 is 0 Å². The summed E-state index contributed by atoms with van der Waals surface area (Å²) in [6.45, 7) is 13.4. The van der Waals surface area contributed by atoms with Crippen LogP contribution in [0.2, 0.25) is 0 Å². The summed E-state index contributed by atoms with van der Waals surface area (Å²) < 4.78 is 0. The minimum Gasteiger partial charge on any atom is -0.0999 e. The van der Waals surface area contributed by atoms with Gasteiger partial charge in [0.1, 0.15) is 0 Å². The third kappa shape index (κ3) is 2.12. The number of hydrogen-bond acceptors (Lipinski definition) is 0. The third-order valence-corrected chi connectivity index (χ3v) is 3.33. The summed E-state index contributed by atoms with van der Waals surface area (Å²) in [6.07, 6.45) is 4.09. The van der Waals surface area contributed by atoms with Gasteiger partial charge < -0.3 is 0 Å². The van der Waals surface area contributed by atoms with Crippen LogP contribution in [0.15, 0.2) is 12.2 Å². The van der Waals surface area contributed by atoms with Gasteiger partial charge in [0.25, 0.3) is 0 Å². The molecule has 2 atom stereocenters. The lowest BCUT2D eigenvalue weighted by Gasteiger charge is -2.39. The molecule has 0 heteroatoms. The lowest BCUT2D eigenvalue weighted by Crippen LogP contribution is -2.28. The quantitative estimate of drug-likeness (QED) is 0.516. The van der Waals surface area contributed by atoms with E-state index in [1.54, 1.807) is 0 Å². The predicted octanol–water partition coefficient (Wildman–Crippen LogP) is 4.02. The molecule has 0 bridgehead atoms. The van der Waals surface area contributed by atoms with Crippen LogP contribution in [-0.2, 0) is 0 Å². The molecule has 0 heterocycles. The van der Waals surface area contributed by atoms with Crippen LogP contribution in [0.4, 0.5) is 0 Å². The first-order chi connectivity index (χ1) is 5.42. The highest BCUT2D eigenvalue weighted by molar-refractivity contribution is 5.01. The van der Waals surface area contributed by atoms with Crippen molar-refractivity contribution in [2.75, 3.05) is 0 Å². The van der Waals surface area contributed by atoms with Gasteiger partial charge in [-0.05, 0) is 43.4 Å². The second-order valence-corrected chi connectivity index (χ2v) is 5.34. The standard InChI is InChI=1S/C12H22/c1-9(2)11-6-7-12(4,5)8-10(11)3/h10-11H,1,6-8H2,2-5H3/t10?,11-/m0/s1. The second kappa shape index (κ2) is 3.24. The van der Waals surface area contributed by atoms with Gasteiger partial charge in [0, 0.05) is 0 Å². The predicted molar refractivity (Wildman–Crippen MR) is 55.1 cm³/mol. The summed E-state index contributed by atoms with van der Waals surface area (Å²) in [5.74, 6) is 1.63. The van der Waals surface area contributed by atoms with E-state index in [1.807, 2.05) is 0 Å². The van der Waals surface area contributed by atoms with Crippen molar-refractivity contribution in [1.82, 2.24) is 0 Å². The summed E-state index contributed by atoms with van der Waals surface area (Å²) in [5, 5.41) is 0. The van der Waals surface area contributed by atoms with Gasteiger partial charge in [-0.2, -0.15) is 0 Å². The minimum absolute atomic E-state index is 0.575. The summed E-state index contributed by atoms with van der Waals surface area (Å²) in [6, 6.07) is 0. The maximum atomic E-state index is 4.08. The van der Waals surface area contributed by atoms with Crippen molar-refractivity contribution in [2.45, 2.75) is 47.0 Å². The van der Waals surface area contributed by atoms with Gasteiger partial charge >= 0.3 is 0 Å². The largest absolute Gasteiger partial charge is 0.0999 e. The zero-order valence-electron chi connectivity index (χ0n) is 8.98. The van der Waals surface area contributed by atoms with E-state index in [4.69, 9.17) is 0 Å². The van der Waals surface area contributed by atoms with Crippen LogP contribution in [-0.4, -0.2) is 0 Å². The van der Waals surface area contributed by atoms with Crippen molar-refractivity contribution in [2.24, 2.45) is 17.3 Å². The second-order valence-electron chi connectivity index (χ2n) is 5.34. The van der Waals surface area contributed by atoms with Crippen molar-refractivity contribution in [3.05, 3.63) is 12.2 Å². The lowest BCUT2D eigenvalue weighted by atomic mass is 9.66. The molecule has 1 unspecified atom stereocenters. The Morgan fingerprint density at radius 1 is 1.42 bits per heavy atom. The fourth-order valence-electron chi connectivity index (χ4n) is 2.68. The fourth-order valence-corrected chi connectivity index (χ4v) is 2.68. The van der Waals surface area contributed by atoms with Crippen molar-refractivity contribution in [3.8, 4) is 0 Å². The van der Waals surface area contributed by atoms with E-state index in [-0.39, 0.29) is 0 Å². The van der Waals surface area contributed by atoms with Crippen molar-refractivity contribution >= 4 is 0 Å². The molecule has 1 aliphatic carbocycles. The zero-order chi connectivity index (χ0) is 9.35. The highest BCUT2D eigenvalue weighted by Gasteiger charge is 2.32. The Kier molecular flexibility index (Phi) is 2.65.